The zero-order valence-corrected chi connectivity index (χ0v) is 21.2. The highest BCUT2D eigenvalue weighted by atomic mass is 16.2. The maximum Gasteiger partial charge on any atom is 0.332 e. The van der Waals surface area contributed by atoms with Gasteiger partial charge in [-0.3, -0.25) is 9.59 Å². The lowest BCUT2D eigenvalue weighted by Gasteiger charge is -2.33. The summed E-state index contributed by atoms with van der Waals surface area (Å²) in [7, 11) is 0. The number of aromatic amines is 1. The summed E-state index contributed by atoms with van der Waals surface area (Å²) in [4.78, 5) is 46.9. The molecule has 2 aliphatic heterocycles. The number of benzene rings is 2. The van der Waals surface area contributed by atoms with Crippen molar-refractivity contribution in [2.75, 3.05) is 11.4 Å². The fraction of sp³-hybridized carbons (Fsp3) is 0.414. The van der Waals surface area contributed by atoms with Crippen molar-refractivity contribution >= 4 is 34.4 Å². The van der Waals surface area contributed by atoms with E-state index in [1.165, 1.54) is 4.90 Å². The summed E-state index contributed by atoms with van der Waals surface area (Å²) in [5.41, 5.74) is 3.77. The third-order valence-corrected chi connectivity index (χ3v) is 7.82. The number of nitrogens with zero attached hydrogens (tertiary/aromatic N) is 2. The molecule has 1 saturated heterocycles. The van der Waals surface area contributed by atoms with Gasteiger partial charge in [0.1, 0.15) is 6.04 Å². The van der Waals surface area contributed by atoms with Crippen LogP contribution in [0.25, 0.3) is 10.9 Å². The number of amides is 4. The van der Waals surface area contributed by atoms with E-state index in [9.17, 15) is 14.4 Å². The zero-order chi connectivity index (χ0) is 25.4. The summed E-state index contributed by atoms with van der Waals surface area (Å²) < 4.78 is 0. The van der Waals surface area contributed by atoms with E-state index < -0.39 is 6.04 Å². The number of urea groups is 1. The number of nitrogens with one attached hydrogen (secondary N) is 2. The lowest BCUT2D eigenvalue weighted by atomic mass is 9.93. The van der Waals surface area contributed by atoms with Gasteiger partial charge < -0.3 is 15.2 Å². The van der Waals surface area contributed by atoms with Crippen molar-refractivity contribution in [2.24, 2.45) is 5.92 Å². The number of carbonyl (C=O) groups is 3. The van der Waals surface area contributed by atoms with Crippen LogP contribution in [0.3, 0.4) is 0 Å². The van der Waals surface area contributed by atoms with Gasteiger partial charge in [-0.1, -0.05) is 63.4 Å². The minimum Gasteiger partial charge on any atom is -0.356 e. The maximum atomic E-state index is 13.7. The number of unbranched alkanes of at least 4 members (excludes halogenated alkanes) is 1. The predicted molar refractivity (Wildman–Crippen MR) is 141 cm³/mol. The molecule has 1 fully saturated rings. The zero-order valence-electron chi connectivity index (χ0n) is 21.2. The molecule has 0 aliphatic carbocycles. The second-order valence-electron chi connectivity index (χ2n) is 9.97. The molecule has 36 heavy (non-hydrogen) atoms. The number of aromatic nitrogens is 1. The molecule has 1 aromatic heterocycles. The summed E-state index contributed by atoms with van der Waals surface area (Å²) in [6.45, 7) is 6.84. The Balaban J connectivity index is 1.41. The highest BCUT2D eigenvalue weighted by molar-refractivity contribution is 6.24. The lowest BCUT2D eigenvalue weighted by Crippen LogP contribution is -2.42. The van der Waals surface area contributed by atoms with Gasteiger partial charge in [-0.05, 0) is 43.0 Å². The van der Waals surface area contributed by atoms with Gasteiger partial charge in [0.25, 0.3) is 11.8 Å². The van der Waals surface area contributed by atoms with E-state index >= 15 is 0 Å². The Morgan fingerprint density at radius 1 is 1.11 bits per heavy atom. The van der Waals surface area contributed by atoms with Crippen molar-refractivity contribution in [1.29, 1.82) is 0 Å². The SMILES string of the molecule is CCCCC(CC)CNC(=O)c1ccccc1N1C(=O)C2Cc3c([nH]c4ccccc34)C(C)N2C1=O. The number of para-hydroxylation sites is 2. The van der Waals surface area contributed by atoms with Crippen LogP contribution in [0.2, 0.25) is 0 Å². The van der Waals surface area contributed by atoms with Crippen LogP contribution in [0.4, 0.5) is 10.5 Å². The molecule has 0 radical (unpaired) electrons. The molecule has 3 atom stereocenters. The largest absolute Gasteiger partial charge is 0.356 e. The van der Waals surface area contributed by atoms with E-state index in [4.69, 9.17) is 0 Å². The van der Waals surface area contributed by atoms with Crippen LogP contribution >= 0.6 is 0 Å². The van der Waals surface area contributed by atoms with Crippen molar-refractivity contribution in [3.8, 4) is 0 Å². The van der Waals surface area contributed by atoms with Gasteiger partial charge in [-0.2, -0.15) is 0 Å². The monoisotopic (exact) mass is 486 g/mol. The molecule has 2 aromatic carbocycles. The van der Waals surface area contributed by atoms with Crippen LogP contribution in [0, 0.1) is 5.92 Å². The number of anilines is 1. The molecule has 0 saturated carbocycles. The topological polar surface area (TPSA) is 85.5 Å². The highest BCUT2D eigenvalue weighted by Crippen LogP contribution is 2.42. The van der Waals surface area contributed by atoms with Gasteiger partial charge in [-0.15, -0.1) is 0 Å². The Labute approximate surface area is 211 Å². The molecular formula is C29H34N4O3. The van der Waals surface area contributed by atoms with Gasteiger partial charge in [0.05, 0.1) is 17.3 Å². The van der Waals surface area contributed by atoms with Crippen LogP contribution in [0.5, 0.6) is 0 Å². The van der Waals surface area contributed by atoms with E-state index in [2.05, 4.69) is 30.2 Å². The smallest absolute Gasteiger partial charge is 0.332 e. The quantitative estimate of drug-likeness (QED) is 0.408. The van der Waals surface area contributed by atoms with E-state index in [0.717, 1.165) is 47.8 Å². The molecule has 188 valence electrons. The van der Waals surface area contributed by atoms with Crippen molar-refractivity contribution in [1.82, 2.24) is 15.2 Å². The number of hydrogen-bond acceptors (Lipinski definition) is 3. The Hall–Kier alpha value is -3.61. The molecule has 3 aromatic rings. The molecule has 0 bridgehead atoms. The molecule has 7 nitrogen and oxygen atoms in total. The number of H-pyrrole nitrogens is 1. The Kier molecular flexibility index (Phi) is 6.56. The van der Waals surface area contributed by atoms with Crippen LogP contribution < -0.4 is 10.2 Å². The average molecular weight is 487 g/mol. The van der Waals surface area contributed by atoms with Crippen molar-refractivity contribution in [3.05, 3.63) is 65.4 Å². The number of fused-ring (bicyclic) bond motifs is 4. The van der Waals surface area contributed by atoms with E-state index in [1.54, 1.807) is 29.2 Å². The maximum absolute atomic E-state index is 13.7. The number of hydrogen-bond donors (Lipinski definition) is 2. The molecule has 0 spiro atoms. The molecule has 4 amide bonds. The first-order valence-electron chi connectivity index (χ1n) is 13.1. The van der Waals surface area contributed by atoms with Gasteiger partial charge in [0, 0.05) is 29.6 Å². The molecule has 7 heteroatoms. The molecular weight excluding hydrogens is 452 g/mol. The summed E-state index contributed by atoms with van der Waals surface area (Å²) in [6.07, 6.45) is 4.78. The van der Waals surface area contributed by atoms with Crippen molar-refractivity contribution < 1.29 is 14.4 Å². The molecule has 5 rings (SSSR count). The standard InChI is InChI=1S/C29H34N4O3/c1-4-6-11-19(5-2)17-30-27(34)21-13-8-10-15-24(21)33-28(35)25-16-22-20-12-7-9-14-23(20)31-26(22)18(3)32(25)29(33)36/h7-10,12-15,18-19,25,31H,4-6,11,16-17H2,1-3H3,(H,30,34). The van der Waals surface area contributed by atoms with Gasteiger partial charge >= 0.3 is 6.03 Å². The lowest BCUT2D eigenvalue weighted by molar-refractivity contribution is -0.120. The highest BCUT2D eigenvalue weighted by Gasteiger charge is 2.52. The second-order valence-corrected chi connectivity index (χ2v) is 9.97. The first kappa shape index (κ1) is 24.1. The predicted octanol–water partition coefficient (Wildman–Crippen LogP) is 5.57. The third-order valence-electron chi connectivity index (χ3n) is 7.82. The van der Waals surface area contributed by atoms with Crippen LogP contribution in [-0.4, -0.2) is 40.3 Å². The van der Waals surface area contributed by atoms with Gasteiger partial charge in [0.15, 0.2) is 0 Å². The van der Waals surface area contributed by atoms with Crippen LogP contribution in [0.15, 0.2) is 48.5 Å². The Morgan fingerprint density at radius 3 is 2.64 bits per heavy atom. The van der Waals surface area contributed by atoms with Crippen molar-refractivity contribution in [2.45, 2.75) is 65.0 Å². The van der Waals surface area contributed by atoms with Crippen molar-refractivity contribution in [3.63, 3.8) is 0 Å². The van der Waals surface area contributed by atoms with E-state index in [1.807, 2.05) is 25.1 Å². The summed E-state index contributed by atoms with van der Waals surface area (Å²) >= 11 is 0. The van der Waals surface area contributed by atoms with Crippen LogP contribution in [0.1, 0.15) is 74.1 Å². The second kappa shape index (κ2) is 9.80. The average Bonchev–Trinajstić information content (AvgIpc) is 3.39. The molecule has 2 aliphatic rings. The fourth-order valence-electron chi connectivity index (χ4n) is 5.72. The van der Waals surface area contributed by atoms with E-state index in [0.29, 0.717) is 30.1 Å². The van der Waals surface area contributed by atoms with E-state index in [-0.39, 0.29) is 23.9 Å². The normalized spacial score (nSPS) is 20.0. The molecule has 3 unspecified atom stereocenters. The summed E-state index contributed by atoms with van der Waals surface area (Å²) in [6, 6.07) is 13.7. The summed E-state index contributed by atoms with van der Waals surface area (Å²) in [5.74, 6) is -0.123. The number of imide groups is 1. The number of carbonyl (C=O) groups excluding carboxylic acids is 3. The Morgan fingerprint density at radius 2 is 1.86 bits per heavy atom. The molecule has 2 N–H and O–H groups in total. The Bertz CT molecular complexity index is 1310. The van der Waals surface area contributed by atoms with Crippen LogP contribution in [-0.2, 0) is 11.2 Å². The molecule has 3 heterocycles. The fourth-order valence-corrected chi connectivity index (χ4v) is 5.72. The first-order chi connectivity index (χ1) is 17.5. The first-order valence-corrected chi connectivity index (χ1v) is 13.1. The minimum atomic E-state index is -0.589. The minimum absolute atomic E-state index is 0.254. The number of rotatable bonds is 8. The van der Waals surface area contributed by atoms with Gasteiger partial charge in [-0.25, -0.2) is 9.69 Å². The third kappa shape index (κ3) is 3.96. The summed E-state index contributed by atoms with van der Waals surface area (Å²) in [5, 5.41) is 4.14. The van der Waals surface area contributed by atoms with Gasteiger partial charge in [0.2, 0.25) is 0 Å².